The van der Waals surface area contributed by atoms with Gasteiger partial charge in [-0.15, -0.1) is 5.10 Å². The van der Waals surface area contributed by atoms with Crippen molar-refractivity contribution in [2.75, 3.05) is 11.1 Å². The smallest absolute Gasteiger partial charge is 0.247 e. The molecule has 0 aliphatic rings. The summed E-state index contributed by atoms with van der Waals surface area (Å²) in [6.45, 7) is 9.53. The highest BCUT2D eigenvalue weighted by Gasteiger charge is 2.10. The summed E-state index contributed by atoms with van der Waals surface area (Å²) in [6.07, 6.45) is 8.51. The number of fused-ring (bicyclic) bond motifs is 1. The van der Waals surface area contributed by atoms with Gasteiger partial charge in [0.2, 0.25) is 5.95 Å². The van der Waals surface area contributed by atoms with Crippen molar-refractivity contribution in [2.45, 2.75) is 20.8 Å². The first-order chi connectivity index (χ1) is 10.7. The second-order valence-electron chi connectivity index (χ2n) is 3.79. The van der Waals surface area contributed by atoms with Gasteiger partial charge in [-0.05, 0) is 19.1 Å². The van der Waals surface area contributed by atoms with E-state index in [2.05, 4.69) is 27.0 Å². The van der Waals surface area contributed by atoms with Crippen molar-refractivity contribution in [3.8, 4) is 6.07 Å². The van der Waals surface area contributed by atoms with Crippen LogP contribution in [0.25, 0.3) is 5.65 Å². The van der Waals surface area contributed by atoms with Crippen LogP contribution >= 0.6 is 0 Å². The van der Waals surface area contributed by atoms with E-state index in [-0.39, 0.29) is 17.5 Å². The van der Waals surface area contributed by atoms with Crippen LogP contribution in [-0.4, -0.2) is 19.6 Å². The van der Waals surface area contributed by atoms with Crippen molar-refractivity contribution in [3.63, 3.8) is 0 Å². The number of nitrogens with two attached hydrogens (primary N) is 1. The first-order valence-electron chi connectivity index (χ1n) is 6.83. The molecule has 3 N–H and O–H groups in total. The molecule has 114 valence electrons. The highest BCUT2D eigenvalue weighted by Crippen LogP contribution is 2.14. The first kappa shape index (κ1) is 16.9. The molecule has 2 aromatic rings. The van der Waals surface area contributed by atoms with Gasteiger partial charge in [-0.1, -0.05) is 32.6 Å². The van der Waals surface area contributed by atoms with E-state index in [1.165, 1.54) is 10.7 Å². The van der Waals surface area contributed by atoms with E-state index < -0.39 is 0 Å². The van der Waals surface area contributed by atoms with Gasteiger partial charge in [0.1, 0.15) is 6.07 Å². The van der Waals surface area contributed by atoms with E-state index in [9.17, 15) is 0 Å². The monoisotopic (exact) mass is 297 g/mol. The number of nitrogens with zero attached hydrogens (tertiary/aromatic N) is 5. The number of imidazole rings is 1. The molecule has 0 saturated carbocycles. The van der Waals surface area contributed by atoms with Crippen LogP contribution in [0.4, 0.5) is 11.8 Å². The Hall–Kier alpha value is -3.14. The zero-order chi connectivity index (χ0) is 16.5. The molecular formula is C15H19N7. The van der Waals surface area contributed by atoms with Crippen molar-refractivity contribution in [3.05, 3.63) is 48.5 Å². The fourth-order valence-electron chi connectivity index (χ4n) is 1.61. The third-order valence-corrected chi connectivity index (χ3v) is 2.40. The Balaban J connectivity index is 0.00000116. The Labute approximate surface area is 129 Å². The van der Waals surface area contributed by atoms with E-state index in [1.807, 2.05) is 39.0 Å². The zero-order valence-corrected chi connectivity index (χ0v) is 12.9. The predicted octanol–water partition coefficient (Wildman–Crippen LogP) is 2.66. The molecule has 2 rings (SSSR count). The second kappa shape index (κ2) is 8.21. The van der Waals surface area contributed by atoms with Gasteiger partial charge in [-0.25, -0.2) is 4.98 Å². The van der Waals surface area contributed by atoms with Crippen molar-refractivity contribution < 1.29 is 0 Å². The van der Waals surface area contributed by atoms with Crippen molar-refractivity contribution in [1.29, 1.82) is 5.26 Å². The number of aromatic nitrogens is 4. The summed E-state index contributed by atoms with van der Waals surface area (Å²) < 4.78 is 1.35. The molecule has 2 aromatic heterocycles. The lowest BCUT2D eigenvalue weighted by Crippen LogP contribution is -2.09. The van der Waals surface area contributed by atoms with Gasteiger partial charge in [-0.3, -0.25) is 0 Å². The molecule has 0 amide bonds. The van der Waals surface area contributed by atoms with Crippen molar-refractivity contribution in [2.24, 2.45) is 0 Å². The third-order valence-electron chi connectivity index (χ3n) is 2.40. The molecule has 7 heteroatoms. The minimum absolute atomic E-state index is 0.197. The SMILES string of the molecule is C=C/C=C(\C=C/C)Nc1nc(N)c2ncc(C#N)n2n1.CC. The maximum atomic E-state index is 8.99. The average Bonchev–Trinajstić information content (AvgIpc) is 2.93. The fourth-order valence-corrected chi connectivity index (χ4v) is 1.61. The second-order valence-corrected chi connectivity index (χ2v) is 3.79. The number of hydrogen-bond donors (Lipinski definition) is 2. The number of allylic oxidation sites excluding steroid dienone is 4. The summed E-state index contributed by atoms with van der Waals surface area (Å²) >= 11 is 0. The summed E-state index contributed by atoms with van der Waals surface area (Å²) in [6, 6.07) is 1.99. The Morgan fingerprint density at radius 1 is 1.50 bits per heavy atom. The molecule has 0 aliphatic heterocycles. The number of nitrogens with one attached hydrogen (secondary N) is 1. The fraction of sp³-hybridized carbons (Fsp3) is 0.200. The van der Waals surface area contributed by atoms with Gasteiger partial charge >= 0.3 is 0 Å². The van der Waals surface area contributed by atoms with Gasteiger partial charge in [0.05, 0.1) is 6.20 Å². The lowest BCUT2D eigenvalue weighted by Gasteiger charge is -2.06. The quantitative estimate of drug-likeness (QED) is 0.840. The molecule has 0 aliphatic carbocycles. The molecule has 0 fully saturated rings. The lowest BCUT2D eigenvalue weighted by molar-refractivity contribution is 0.896. The topological polar surface area (TPSA) is 105 Å². The van der Waals surface area contributed by atoms with E-state index in [4.69, 9.17) is 11.0 Å². The van der Waals surface area contributed by atoms with Crippen LogP contribution in [0.2, 0.25) is 0 Å². The van der Waals surface area contributed by atoms with E-state index >= 15 is 0 Å². The van der Waals surface area contributed by atoms with Gasteiger partial charge in [0.25, 0.3) is 0 Å². The summed E-state index contributed by atoms with van der Waals surface area (Å²) in [5, 5.41) is 16.2. The molecule has 0 bridgehead atoms. The normalized spacial score (nSPS) is 10.9. The molecular weight excluding hydrogens is 278 g/mol. The van der Waals surface area contributed by atoms with Crippen LogP contribution in [0.15, 0.2) is 42.8 Å². The number of anilines is 2. The average molecular weight is 297 g/mol. The zero-order valence-electron chi connectivity index (χ0n) is 12.9. The maximum Gasteiger partial charge on any atom is 0.247 e. The molecule has 7 nitrogen and oxygen atoms in total. The van der Waals surface area contributed by atoms with E-state index in [1.54, 1.807) is 12.2 Å². The van der Waals surface area contributed by atoms with Gasteiger partial charge in [-0.2, -0.15) is 14.8 Å². The van der Waals surface area contributed by atoms with Gasteiger partial charge in [0, 0.05) is 5.70 Å². The molecule has 0 aromatic carbocycles. The van der Waals surface area contributed by atoms with Crippen LogP contribution < -0.4 is 11.1 Å². The molecule has 0 saturated heterocycles. The minimum atomic E-state index is 0.197. The Morgan fingerprint density at radius 2 is 2.23 bits per heavy atom. The van der Waals surface area contributed by atoms with Crippen LogP contribution in [0.5, 0.6) is 0 Å². The van der Waals surface area contributed by atoms with E-state index in [0.717, 1.165) is 5.70 Å². The lowest BCUT2D eigenvalue weighted by atomic mass is 10.3. The number of nitriles is 1. The summed E-state index contributed by atoms with van der Waals surface area (Å²) in [5.41, 5.74) is 7.20. The predicted molar refractivity (Wildman–Crippen MR) is 88.0 cm³/mol. The molecule has 22 heavy (non-hydrogen) atoms. The highest BCUT2D eigenvalue weighted by molar-refractivity contribution is 5.62. The van der Waals surface area contributed by atoms with Crippen LogP contribution in [0.3, 0.4) is 0 Å². The highest BCUT2D eigenvalue weighted by atomic mass is 15.3. The third kappa shape index (κ3) is 3.70. The number of nitrogen functional groups attached to an aromatic ring is 1. The molecule has 0 unspecified atom stereocenters. The van der Waals surface area contributed by atoms with Crippen LogP contribution in [0, 0.1) is 11.3 Å². The van der Waals surface area contributed by atoms with E-state index in [0.29, 0.717) is 5.65 Å². The molecule has 0 spiro atoms. The largest absolute Gasteiger partial charge is 0.380 e. The molecule has 0 radical (unpaired) electrons. The first-order valence-corrected chi connectivity index (χ1v) is 6.83. The van der Waals surface area contributed by atoms with Crippen LogP contribution in [-0.2, 0) is 0 Å². The number of hydrogen-bond acceptors (Lipinski definition) is 6. The number of rotatable bonds is 4. The van der Waals surface area contributed by atoms with Crippen molar-refractivity contribution >= 4 is 17.4 Å². The van der Waals surface area contributed by atoms with Gasteiger partial charge in [0.15, 0.2) is 17.2 Å². The standard InChI is InChI=1S/C13H13N7.C2H6/c1-3-5-9(6-4-2)17-13-18-11(15)12-16-8-10(7-14)20(12)19-13;1-2/h3-6,8H,1H2,2H3,(H3,15,17,18,19);1-2H3/b6-4-,9-5+;. The van der Waals surface area contributed by atoms with Crippen LogP contribution in [0.1, 0.15) is 26.5 Å². The summed E-state index contributed by atoms with van der Waals surface area (Å²) in [5.74, 6) is 0.470. The summed E-state index contributed by atoms with van der Waals surface area (Å²) in [4.78, 5) is 8.11. The maximum absolute atomic E-state index is 8.99. The Bertz CT molecular complexity index is 747. The molecule has 2 heterocycles. The summed E-state index contributed by atoms with van der Waals surface area (Å²) in [7, 11) is 0. The van der Waals surface area contributed by atoms with Gasteiger partial charge < -0.3 is 11.1 Å². The Kier molecular flexibility index (Phi) is 6.32. The van der Waals surface area contributed by atoms with Crippen molar-refractivity contribution in [1.82, 2.24) is 19.6 Å². The molecule has 0 atom stereocenters. The Morgan fingerprint density at radius 3 is 2.82 bits per heavy atom. The minimum Gasteiger partial charge on any atom is -0.380 e.